The van der Waals surface area contributed by atoms with Gasteiger partial charge in [-0.2, -0.15) is 0 Å². The van der Waals surface area contributed by atoms with Crippen LogP contribution in [-0.2, 0) is 6.42 Å². The average molecular weight is 288 g/mol. The van der Waals surface area contributed by atoms with E-state index in [1.807, 2.05) is 0 Å². The fraction of sp³-hybridized carbons (Fsp3) is 0.188. The number of hydrogen-bond donors (Lipinski definition) is 2. The van der Waals surface area contributed by atoms with Gasteiger partial charge in [0.15, 0.2) is 0 Å². The van der Waals surface area contributed by atoms with E-state index < -0.39 is 0 Å². The Morgan fingerprint density at radius 2 is 1.95 bits per heavy atom. The Balaban J connectivity index is 1.89. The smallest absolute Gasteiger partial charge is 0.251 e. The summed E-state index contributed by atoms with van der Waals surface area (Å²) < 4.78 is 18.7. The number of methoxy groups -OCH3 is 1. The molecule has 0 saturated carbocycles. The highest BCUT2D eigenvalue weighted by Gasteiger charge is 2.07. The zero-order valence-corrected chi connectivity index (χ0v) is 11.7. The van der Waals surface area contributed by atoms with Crippen molar-refractivity contribution in [2.24, 2.45) is 0 Å². The van der Waals surface area contributed by atoms with Crippen LogP contribution in [0.3, 0.4) is 0 Å². The molecule has 0 radical (unpaired) electrons. The lowest BCUT2D eigenvalue weighted by atomic mass is 10.1. The van der Waals surface area contributed by atoms with E-state index in [1.54, 1.807) is 36.4 Å². The Morgan fingerprint density at radius 1 is 1.24 bits per heavy atom. The molecule has 0 aliphatic carbocycles. The van der Waals surface area contributed by atoms with Crippen LogP contribution in [0.1, 0.15) is 15.9 Å². The first-order valence-electron chi connectivity index (χ1n) is 6.56. The summed E-state index contributed by atoms with van der Waals surface area (Å²) >= 11 is 0. The van der Waals surface area contributed by atoms with E-state index in [-0.39, 0.29) is 11.7 Å². The van der Waals surface area contributed by atoms with Crippen molar-refractivity contribution in [2.75, 3.05) is 19.4 Å². The summed E-state index contributed by atoms with van der Waals surface area (Å²) in [6.45, 7) is 0.354. The molecule has 0 bridgehead atoms. The van der Waals surface area contributed by atoms with Crippen molar-refractivity contribution in [1.29, 1.82) is 0 Å². The number of nitrogen functional groups attached to an aromatic ring is 1. The van der Waals surface area contributed by atoms with Gasteiger partial charge in [0, 0.05) is 23.9 Å². The number of hydrogen-bond acceptors (Lipinski definition) is 3. The van der Waals surface area contributed by atoms with E-state index in [9.17, 15) is 9.18 Å². The van der Waals surface area contributed by atoms with Crippen LogP contribution in [0.4, 0.5) is 10.1 Å². The summed E-state index contributed by atoms with van der Waals surface area (Å²) in [6.07, 6.45) is 0.413. The molecule has 2 aromatic rings. The number of carbonyl (C=O) groups is 1. The molecule has 0 heterocycles. The summed E-state index contributed by atoms with van der Waals surface area (Å²) in [5, 5.41) is 2.75. The SMILES string of the molecule is COc1ccc(CCNC(=O)c2ccc(N)cc2)c(F)c1. The van der Waals surface area contributed by atoms with Crippen molar-refractivity contribution in [3.63, 3.8) is 0 Å². The molecule has 0 fully saturated rings. The van der Waals surface area contributed by atoms with E-state index in [2.05, 4.69) is 5.32 Å². The normalized spacial score (nSPS) is 10.2. The number of rotatable bonds is 5. The molecule has 5 heteroatoms. The molecule has 21 heavy (non-hydrogen) atoms. The highest BCUT2D eigenvalue weighted by molar-refractivity contribution is 5.94. The van der Waals surface area contributed by atoms with Crippen LogP contribution < -0.4 is 15.8 Å². The maximum atomic E-state index is 13.7. The lowest BCUT2D eigenvalue weighted by Crippen LogP contribution is -2.25. The topological polar surface area (TPSA) is 64.3 Å². The summed E-state index contributed by atoms with van der Waals surface area (Å²) in [5.41, 5.74) is 7.23. The lowest BCUT2D eigenvalue weighted by Gasteiger charge is -2.07. The highest BCUT2D eigenvalue weighted by atomic mass is 19.1. The minimum atomic E-state index is -0.337. The van der Waals surface area contributed by atoms with E-state index in [4.69, 9.17) is 10.5 Å². The van der Waals surface area contributed by atoms with Gasteiger partial charge >= 0.3 is 0 Å². The van der Waals surface area contributed by atoms with Crippen molar-refractivity contribution < 1.29 is 13.9 Å². The second kappa shape index (κ2) is 6.74. The molecule has 110 valence electrons. The molecule has 4 nitrogen and oxygen atoms in total. The van der Waals surface area contributed by atoms with Crippen molar-refractivity contribution in [3.05, 3.63) is 59.4 Å². The molecule has 0 aliphatic heterocycles. The second-order valence-electron chi connectivity index (χ2n) is 4.59. The molecule has 0 atom stereocenters. The van der Waals surface area contributed by atoms with Crippen molar-refractivity contribution >= 4 is 11.6 Å². The molecule has 0 aliphatic rings. The van der Waals surface area contributed by atoms with E-state index in [0.717, 1.165) is 0 Å². The van der Waals surface area contributed by atoms with Crippen molar-refractivity contribution in [2.45, 2.75) is 6.42 Å². The molecule has 2 aromatic carbocycles. The molecule has 2 rings (SSSR count). The van der Waals surface area contributed by atoms with Gasteiger partial charge in [-0.25, -0.2) is 4.39 Å². The molecule has 0 aromatic heterocycles. The third kappa shape index (κ3) is 3.95. The van der Waals surface area contributed by atoms with Gasteiger partial charge in [0.25, 0.3) is 5.91 Å². The van der Waals surface area contributed by atoms with Crippen molar-refractivity contribution in [1.82, 2.24) is 5.32 Å². The van der Waals surface area contributed by atoms with E-state index in [0.29, 0.717) is 35.5 Å². The van der Waals surface area contributed by atoms with Gasteiger partial charge < -0.3 is 15.8 Å². The fourth-order valence-electron chi connectivity index (χ4n) is 1.91. The minimum Gasteiger partial charge on any atom is -0.497 e. The monoisotopic (exact) mass is 288 g/mol. The Labute approximate surface area is 122 Å². The maximum absolute atomic E-state index is 13.7. The van der Waals surface area contributed by atoms with Crippen LogP contribution in [0.2, 0.25) is 0 Å². The predicted octanol–water partition coefficient (Wildman–Crippen LogP) is 2.39. The zero-order valence-electron chi connectivity index (χ0n) is 11.7. The number of anilines is 1. The maximum Gasteiger partial charge on any atom is 0.251 e. The van der Waals surface area contributed by atoms with Gasteiger partial charge in [0.1, 0.15) is 11.6 Å². The third-order valence-corrected chi connectivity index (χ3v) is 3.11. The fourth-order valence-corrected chi connectivity index (χ4v) is 1.91. The average Bonchev–Trinajstić information content (AvgIpc) is 2.49. The van der Waals surface area contributed by atoms with Crippen LogP contribution in [0.5, 0.6) is 5.75 Å². The molecule has 1 amide bonds. The highest BCUT2D eigenvalue weighted by Crippen LogP contribution is 2.16. The van der Waals surface area contributed by atoms with Gasteiger partial charge in [-0.15, -0.1) is 0 Å². The Morgan fingerprint density at radius 3 is 2.57 bits per heavy atom. The van der Waals surface area contributed by atoms with E-state index >= 15 is 0 Å². The molecule has 3 N–H and O–H groups in total. The van der Waals surface area contributed by atoms with Crippen LogP contribution in [0.15, 0.2) is 42.5 Å². The van der Waals surface area contributed by atoms with Gasteiger partial charge in [-0.05, 0) is 42.3 Å². The molecular weight excluding hydrogens is 271 g/mol. The van der Waals surface area contributed by atoms with E-state index in [1.165, 1.54) is 13.2 Å². The molecule has 0 spiro atoms. The first-order valence-corrected chi connectivity index (χ1v) is 6.56. The summed E-state index contributed by atoms with van der Waals surface area (Å²) in [4.78, 5) is 11.9. The first kappa shape index (κ1) is 14.8. The van der Waals surface area contributed by atoms with Crippen LogP contribution in [0, 0.1) is 5.82 Å². The number of nitrogens with two attached hydrogens (primary N) is 1. The number of nitrogens with one attached hydrogen (secondary N) is 1. The van der Waals surface area contributed by atoms with Crippen LogP contribution in [-0.4, -0.2) is 19.6 Å². The lowest BCUT2D eigenvalue weighted by molar-refractivity contribution is 0.0954. The summed E-state index contributed by atoms with van der Waals surface area (Å²) in [5.74, 6) is -0.0674. The predicted molar refractivity (Wildman–Crippen MR) is 79.8 cm³/mol. The van der Waals surface area contributed by atoms with Crippen LogP contribution >= 0.6 is 0 Å². The largest absolute Gasteiger partial charge is 0.497 e. The second-order valence-corrected chi connectivity index (χ2v) is 4.59. The summed E-state index contributed by atoms with van der Waals surface area (Å²) in [6, 6.07) is 11.3. The van der Waals surface area contributed by atoms with Gasteiger partial charge in [0.2, 0.25) is 0 Å². The number of carbonyl (C=O) groups excluding carboxylic acids is 1. The summed E-state index contributed by atoms with van der Waals surface area (Å²) in [7, 11) is 1.49. The number of benzene rings is 2. The number of ether oxygens (including phenoxy) is 1. The quantitative estimate of drug-likeness (QED) is 0.830. The molecular formula is C16H17FN2O2. The zero-order chi connectivity index (χ0) is 15.2. The van der Waals surface area contributed by atoms with Gasteiger partial charge in [-0.1, -0.05) is 6.07 Å². The molecule has 0 saturated heterocycles. The first-order chi connectivity index (χ1) is 10.1. The number of amides is 1. The Hall–Kier alpha value is -2.56. The Bertz CT molecular complexity index is 627. The third-order valence-electron chi connectivity index (χ3n) is 3.11. The number of halogens is 1. The van der Waals surface area contributed by atoms with Gasteiger partial charge in [-0.3, -0.25) is 4.79 Å². The van der Waals surface area contributed by atoms with Crippen LogP contribution in [0.25, 0.3) is 0 Å². The standard InChI is InChI=1S/C16H17FN2O2/c1-21-14-7-4-11(15(17)10-14)8-9-19-16(20)12-2-5-13(18)6-3-12/h2-7,10H,8-9,18H2,1H3,(H,19,20). The minimum absolute atomic E-state index is 0.205. The van der Waals surface area contributed by atoms with Crippen molar-refractivity contribution in [3.8, 4) is 5.75 Å². The Kier molecular flexibility index (Phi) is 4.77. The molecule has 0 unspecified atom stereocenters. The van der Waals surface area contributed by atoms with Gasteiger partial charge in [0.05, 0.1) is 7.11 Å².